The number of aryl methyl sites for hydroxylation is 1. The van der Waals surface area contributed by atoms with Crippen molar-refractivity contribution in [3.8, 4) is 5.75 Å². The van der Waals surface area contributed by atoms with Crippen LogP contribution >= 0.6 is 0 Å². The number of hydrogen-bond acceptors (Lipinski definition) is 4. The summed E-state index contributed by atoms with van der Waals surface area (Å²) in [6, 6.07) is 7.36. The molecule has 1 rings (SSSR count). The van der Waals surface area contributed by atoms with Crippen LogP contribution in [-0.4, -0.2) is 41.3 Å². The maximum Gasteiger partial charge on any atom is 0.337 e. The Morgan fingerprint density at radius 1 is 1.40 bits per heavy atom. The van der Waals surface area contributed by atoms with E-state index in [2.05, 4.69) is 5.32 Å². The monoisotopic (exact) mass is 281 g/mol. The van der Waals surface area contributed by atoms with E-state index in [0.29, 0.717) is 6.42 Å². The minimum Gasteiger partial charge on any atom is -0.497 e. The van der Waals surface area contributed by atoms with Gasteiger partial charge in [0, 0.05) is 6.42 Å². The molecule has 0 saturated carbocycles. The molecule has 3 N–H and O–H groups in total. The molecule has 0 aliphatic rings. The van der Waals surface area contributed by atoms with Crippen LogP contribution in [0, 0.1) is 0 Å². The summed E-state index contributed by atoms with van der Waals surface area (Å²) in [6.45, 7) is 0.816. The quantitative estimate of drug-likeness (QED) is 0.679. The highest BCUT2D eigenvalue weighted by Crippen LogP contribution is 2.13. The Kier molecular flexibility index (Phi) is 5.52. The van der Waals surface area contributed by atoms with E-state index in [-0.39, 0.29) is 18.9 Å². The molecule has 0 spiro atoms. The van der Waals surface area contributed by atoms with Gasteiger partial charge in [0.25, 0.3) is 0 Å². The van der Waals surface area contributed by atoms with Crippen LogP contribution in [0.1, 0.15) is 18.9 Å². The third-order valence-electron chi connectivity index (χ3n) is 2.87. The van der Waals surface area contributed by atoms with Crippen molar-refractivity contribution in [2.24, 2.45) is 0 Å². The average Bonchev–Trinajstić information content (AvgIpc) is 2.43. The van der Waals surface area contributed by atoms with Crippen LogP contribution in [0.2, 0.25) is 0 Å². The molecule has 1 unspecified atom stereocenters. The number of nitrogens with one attached hydrogen (secondary N) is 1. The van der Waals surface area contributed by atoms with Crippen molar-refractivity contribution in [3.05, 3.63) is 29.8 Å². The van der Waals surface area contributed by atoms with Crippen LogP contribution < -0.4 is 10.1 Å². The molecule has 0 bridgehead atoms. The number of benzene rings is 1. The van der Waals surface area contributed by atoms with Gasteiger partial charge in [0.05, 0.1) is 13.7 Å². The average molecular weight is 281 g/mol. The number of methoxy groups -OCH3 is 1. The van der Waals surface area contributed by atoms with Gasteiger partial charge in [-0.1, -0.05) is 12.1 Å². The molecule has 6 nitrogen and oxygen atoms in total. The van der Waals surface area contributed by atoms with Gasteiger partial charge in [-0.2, -0.15) is 0 Å². The highest BCUT2D eigenvalue weighted by Gasteiger charge is 2.30. The fourth-order valence-corrected chi connectivity index (χ4v) is 1.52. The highest BCUT2D eigenvalue weighted by atomic mass is 16.5. The number of carbonyl (C=O) groups is 2. The van der Waals surface area contributed by atoms with E-state index in [9.17, 15) is 14.7 Å². The second kappa shape index (κ2) is 6.91. The Labute approximate surface area is 117 Å². The number of carbonyl (C=O) groups excluding carboxylic acids is 1. The standard InChI is InChI=1S/C14H19NO5/c1-14(19,13(17)18)9-15-12(16)7-6-10-4-3-5-11(8-10)20-2/h3-5,8,19H,6-7,9H2,1-2H3,(H,15,16)(H,17,18). The molecular weight excluding hydrogens is 262 g/mol. The summed E-state index contributed by atoms with van der Waals surface area (Å²) < 4.78 is 5.08. The number of ether oxygens (including phenoxy) is 1. The Morgan fingerprint density at radius 3 is 2.70 bits per heavy atom. The summed E-state index contributed by atoms with van der Waals surface area (Å²) in [5.74, 6) is -0.961. The van der Waals surface area contributed by atoms with E-state index in [0.717, 1.165) is 18.2 Å². The summed E-state index contributed by atoms with van der Waals surface area (Å²) >= 11 is 0. The molecule has 0 radical (unpaired) electrons. The maximum absolute atomic E-state index is 11.6. The third kappa shape index (κ3) is 4.89. The second-order valence-electron chi connectivity index (χ2n) is 4.71. The molecule has 110 valence electrons. The number of hydrogen-bond donors (Lipinski definition) is 3. The van der Waals surface area contributed by atoms with Crippen LogP contribution in [0.5, 0.6) is 5.75 Å². The predicted octanol–water partition coefficient (Wildman–Crippen LogP) is 0.580. The van der Waals surface area contributed by atoms with Crippen molar-refractivity contribution in [1.82, 2.24) is 5.32 Å². The smallest absolute Gasteiger partial charge is 0.337 e. The largest absolute Gasteiger partial charge is 0.497 e. The van der Waals surface area contributed by atoms with Gasteiger partial charge in [-0.15, -0.1) is 0 Å². The molecule has 0 saturated heterocycles. The molecule has 1 amide bonds. The fourth-order valence-electron chi connectivity index (χ4n) is 1.52. The van der Waals surface area contributed by atoms with Crippen molar-refractivity contribution >= 4 is 11.9 Å². The van der Waals surface area contributed by atoms with E-state index in [1.807, 2.05) is 24.3 Å². The zero-order valence-corrected chi connectivity index (χ0v) is 11.5. The van der Waals surface area contributed by atoms with Crippen molar-refractivity contribution in [3.63, 3.8) is 0 Å². The molecule has 1 aromatic carbocycles. The van der Waals surface area contributed by atoms with Crippen molar-refractivity contribution in [2.75, 3.05) is 13.7 Å². The number of rotatable bonds is 7. The number of amides is 1. The molecule has 0 heterocycles. The summed E-state index contributed by atoms with van der Waals surface area (Å²) in [7, 11) is 1.57. The molecule has 20 heavy (non-hydrogen) atoms. The normalized spacial score (nSPS) is 13.3. The molecule has 0 fully saturated rings. The van der Waals surface area contributed by atoms with Gasteiger partial charge in [-0.25, -0.2) is 4.79 Å². The number of carboxylic acid groups (broad SMARTS) is 1. The Morgan fingerprint density at radius 2 is 2.10 bits per heavy atom. The van der Waals surface area contributed by atoms with Gasteiger partial charge in [0.2, 0.25) is 5.91 Å². The van der Waals surface area contributed by atoms with E-state index in [4.69, 9.17) is 9.84 Å². The summed E-state index contributed by atoms with van der Waals surface area (Å²) in [6.07, 6.45) is 0.723. The first kappa shape index (κ1) is 16.0. The minimum absolute atomic E-state index is 0.211. The van der Waals surface area contributed by atoms with Crippen molar-refractivity contribution in [1.29, 1.82) is 0 Å². The Balaban J connectivity index is 2.42. The first-order valence-electron chi connectivity index (χ1n) is 6.20. The molecular formula is C14H19NO5. The third-order valence-corrected chi connectivity index (χ3v) is 2.87. The second-order valence-corrected chi connectivity index (χ2v) is 4.71. The lowest BCUT2D eigenvalue weighted by Crippen LogP contribution is -2.46. The first-order valence-corrected chi connectivity index (χ1v) is 6.20. The number of aliphatic hydroxyl groups is 1. The number of aliphatic carboxylic acids is 1. The predicted molar refractivity (Wildman–Crippen MR) is 72.6 cm³/mol. The molecule has 0 aromatic heterocycles. The van der Waals surface area contributed by atoms with Crippen molar-refractivity contribution < 1.29 is 24.5 Å². The van der Waals surface area contributed by atoms with Gasteiger partial charge < -0.3 is 20.3 Å². The minimum atomic E-state index is -1.95. The van der Waals surface area contributed by atoms with Crippen LogP contribution in [0.25, 0.3) is 0 Å². The van der Waals surface area contributed by atoms with Gasteiger partial charge in [-0.3, -0.25) is 4.79 Å². The molecule has 1 atom stereocenters. The lowest BCUT2D eigenvalue weighted by Gasteiger charge is -2.18. The summed E-state index contributed by atoms with van der Waals surface area (Å²) in [4.78, 5) is 22.3. The zero-order chi connectivity index (χ0) is 15.2. The van der Waals surface area contributed by atoms with Gasteiger partial charge in [-0.05, 0) is 31.0 Å². The zero-order valence-electron chi connectivity index (χ0n) is 11.5. The van der Waals surface area contributed by atoms with Crippen LogP contribution in [-0.2, 0) is 16.0 Å². The fraction of sp³-hybridized carbons (Fsp3) is 0.429. The number of carboxylic acids is 1. The van der Waals surface area contributed by atoms with Gasteiger partial charge >= 0.3 is 5.97 Å². The van der Waals surface area contributed by atoms with Gasteiger partial charge in [0.1, 0.15) is 5.75 Å². The Hall–Kier alpha value is -2.08. The van der Waals surface area contributed by atoms with Crippen LogP contribution in [0.3, 0.4) is 0 Å². The lowest BCUT2D eigenvalue weighted by molar-refractivity contribution is -0.156. The molecule has 0 aliphatic carbocycles. The van der Waals surface area contributed by atoms with Crippen molar-refractivity contribution in [2.45, 2.75) is 25.4 Å². The first-order chi connectivity index (χ1) is 9.35. The van der Waals surface area contributed by atoms with Crippen LogP contribution in [0.4, 0.5) is 0 Å². The van der Waals surface area contributed by atoms with E-state index in [1.165, 1.54) is 0 Å². The maximum atomic E-state index is 11.6. The summed E-state index contributed by atoms with van der Waals surface area (Å²) in [5, 5.41) is 20.6. The van der Waals surface area contributed by atoms with Crippen LogP contribution in [0.15, 0.2) is 24.3 Å². The lowest BCUT2D eigenvalue weighted by atomic mass is 10.1. The molecule has 1 aromatic rings. The topological polar surface area (TPSA) is 95.9 Å². The summed E-state index contributed by atoms with van der Waals surface area (Å²) in [5.41, 5.74) is -1.00. The van der Waals surface area contributed by atoms with Gasteiger partial charge in [0.15, 0.2) is 5.60 Å². The SMILES string of the molecule is COc1cccc(CCC(=O)NCC(C)(O)C(=O)O)c1. The van der Waals surface area contributed by atoms with E-state index in [1.54, 1.807) is 7.11 Å². The Bertz CT molecular complexity index is 484. The molecule has 0 aliphatic heterocycles. The molecule has 6 heteroatoms. The van der Waals surface area contributed by atoms with E-state index >= 15 is 0 Å². The highest BCUT2D eigenvalue weighted by molar-refractivity contribution is 5.80. The van der Waals surface area contributed by atoms with E-state index < -0.39 is 11.6 Å².